The van der Waals surface area contributed by atoms with Crippen LogP contribution in [0, 0.1) is 0 Å². The molecule has 2 aliphatic heterocycles. The van der Waals surface area contributed by atoms with Crippen LogP contribution in [-0.2, 0) is 10.0 Å². The van der Waals surface area contributed by atoms with Gasteiger partial charge in [0.05, 0.1) is 16.0 Å². The fourth-order valence-electron chi connectivity index (χ4n) is 4.40. The third-order valence-corrected chi connectivity index (χ3v) is 9.46. The number of fused-ring (bicyclic) bond motifs is 1. The van der Waals surface area contributed by atoms with Gasteiger partial charge in [0.2, 0.25) is 10.0 Å². The summed E-state index contributed by atoms with van der Waals surface area (Å²) in [6, 6.07) is 16.4. The first-order chi connectivity index (χ1) is 14.5. The Hall–Kier alpha value is -2.29. The van der Waals surface area contributed by atoms with E-state index in [9.17, 15) is 13.2 Å². The zero-order valence-corrected chi connectivity index (χ0v) is 18.0. The molecule has 5 rings (SSSR count). The third kappa shape index (κ3) is 3.23. The summed E-state index contributed by atoms with van der Waals surface area (Å²) in [5, 5.41) is 1.93. The van der Waals surface area contributed by atoms with Gasteiger partial charge in [-0.15, -0.1) is 11.8 Å². The molecule has 2 aliphatic rings. The third-order valence-electron chi connectivity index (χ3n) is 6.02. The first-order valence-electron chi connectivity index (χ1n) is 9.98. The summed E-state index contributed by atoms with van der Waals surface area (Å²) < 4.78 is 33.4. The number of carbonyl (C=O) groups is 1. The molecule has 2 aromatic carbocycles. The molecule has 8 heteroatoms. The van der Waals surface area contributed by atoms with Crippen molar-refractivity contribution < 1.29 is 17.6 Å². The monoisotopic (exact) mass is 442 g/mol. The molecule has 0 aliphatic carbocycles. The number of carbonyl (C=O) groups excluding carboxylic acids is 1. The number of thioether (sulfide) groups is 1. The second kappa shape index (κ2) is 7.44. The zero-order chi connectivity index (χ0) is 20.8. The summed E-state index contributed by atoms with van der Waals surface area (Å²) in [5.41, 5.74) is 0. The first-order valence-corrected chi connectivity index (χ1v) is 12.4. The number of piperidine rings is 1. The van der Waals surface area contributed by atoms with Crippen molar-refractivity contribution >= 4 is 38.5 Å². The van der Waals surface area contributed by atoms with Gasteiger partial charge in [-0.2, -0.15) is 4.31 Å². The van der Waals surface area contributed by atoms with Crippen molar-refractivity contribution in [3.8, 4) is 0 Å². The van der Waals surface area contributed by atoms with Crippen molar-refractivity contribution in [2.45, 2.75) is 22.6 Å². The molecular formula is C22H22N2O4S2. The number of rotatable bonds is 3. The Labute approximate surface area is 179 Å². The quantitative estimate of drug-likeness (QED) is 0.617. The van der Waals surface area contributed by atoms with Crippen LogP contribution in [0.15, 0.2) is 70.2 Å². The number of benzene rings is 2. The molecule has 1 aromatic heterocycles. The van der Waals surface area contributed by atoms with Gasteiger partial charge in [0.15, 0.2) is 5.76 Å². The summed E-state index contributed by atoms with van der Waals surface area (Å²) >= 11 is 1.75. The van der Waals surface area contributed by atoms with Crippen LogP contribution >= 0.6 is 11.8 Å². The van der Waals surface area contributed by atoms with Crippen molar-refractivity contribution in [3.05, 3.63) is 66.6 Å². The molecule has 3 heterocycles. The van der Waals surface area contributed by atoms with Gasteiger partial charge in [-0.3, -0.25) is 4.79 Å². The van der Waals surface area contributed by atoms with Gasteiger partial charge in [0, 0.05) is 25.4 Å². The molecule has 30 heavy (non-hydrogen) atoms. The van der Waals surface area contributed by atoms with Crippen LogP contribution in [-0.4, -0.2) is 53.8 Å². The summed E-state index contributed by atoms with van der Waals surface area (Å²) in [5.74, 6) is 1.07. The number of amides is 1. The van der Waals surface area contributed by atoms with Gasteiger partial charge in [-0.1, -0.05) is 30.3 Å². The maximum absolute atomic E-state index is 13.3. The van der Waals surface area contributed by atoms with E-state index in [0.717, 1.165) is 16.5 Å². The van der Waals surface area contributed by atoms with E-state index in [1.165, 1.54) is 6.26 Å². The zero-order valence-electron chi connectivity index (χ0n) is 16.4. The number of hydrogen-bond acceptors (Lipinski definition) is 5. The van der Waals surface area contributed by atoms with Gasteiger partial charge >= 0.3 is 0 Å². The van der Waals surface area contributed by atoms with Crippen molar-refractivity contribution in [1.82, 2.24) is 9.21 Å². The standard InChI is InChI=1S/C22H22N2O4S2/c25-21(20-6-3-14-28-20)24-13-15-29-22(24)9-11-23(12-10-22)30(26,27)19-8-7-17-4-1-2-5-18(17)16-19/h1-8,14,16H,9-13,15H2. The lowest BCUT2D eigenvalue weighted by molar-refractivity contribution is 0.0573. The van der Waals surface area contributed by atoms with Crippen LogP contribution < -0.4 is 0 Å². The van der Waals surface area contributed by atoms with Gasteiger partial charge in [-0.05, 0) is 47.9 Å². The van der Waals surface area contributed by atoms with Crippen LogP contribution in [0.3, 0.4) is 0 Å². The average molecular weight is 443 g/mol. The minimum atomic E-state index is -3.58. The highest BCUT2D eigenvalue weighted by atomic mass is 32.2. The molecule has 0 unspecified atom stereocenters. The van der Waals surface area contributed by atoms with Gasteiger partial charge in [-0.25, -0.2) is 8.42 Å². The minimum absolute atomic E-state index is 0.115. The smallest absolute Gasteiger partial charge is 0.290 e. The minimum Gasteiger partial charge on any atom is -0.459 e. The summed E-state index contributed by atoms with van der Waals surface area (Å²) in [6.07, 6.45) is 2.72. The molecule has 0 bridgehead atoms. The molecule has 0 saturated carbocycles. The lowest BCUT2D eigenvalue weighted by Crippen LogP contribution is -2.53. The predicted octanol–water partition coefficient (Wildman–Crippen LogP) is 3.80. The van der Waals surface area contributed by atoms with Crippen molar-refractivity contribution in [1.29, 1.82) is 0 Å². The fraction of sp³-hybridized carbons (Fsp3) is 0.318. The molecule has 0 atom stereocenters. The van der Waals surface area contributed by atoms with Crippen molar-refractivity contribution in [2.75, 3.05) is 25.4 Å². The molecule has 6 nitrogen and oxygen atoms in total. The topological polar surface area (TPSA) is 70.8 Å². The van der Waals surface area contributed by atoms with E-state index >= 15 is 0 Å². The molecule has 1 spiro atoms. The van der Waals surface area contributed by atoms with Gasteiger partial charge < -0.3 is 9.32 Å². The highest BCUT2D eigenvalue weighted by molar-refractivity contribution is 8.00. The lowest BCUT2D eigenvalue weighted by atomic mass is 10.0. The van der Waals surface area contributed by atoms with E-state index < -0.39 is 10.0 Å². The number of nitrogens with zero attached hydrogens (tertiary/aromatic N) is 2. The molecule has 156 valence electrons. The Morgan fingerprint density at radius 3 is 2.47 bits per heavy atom. The number of hydrogen-bond donors (Lipinski definition) is 0. The average Bonchev–Trinajstić information content (AvgIpc) is 3.44. The van der Waals surface area contributed by atoms with Gasteiger partial charge in [0.25, 0.3) is 5.91 Å². The molecule has 0 radical (unpaired) electrons. The van der Waals surface area contributed by atoms with E-state index in [0.29, 0.717) is 43.1 Å². The van der Waals surface area contributed by atoms with Crippen molar-refractivity contribution in [3.63, 3.8) is 0 Å². The lowest BCUT2D eigenvalue weighted by Gasteiger charge is -2.43. The summed E-state index contributed by atoms with van der Waals surface area (Å²) in [4.78, 5) is 14.7. The Balaban J connectivity index is 1.36. The first kappa shape index (κ1) is 19.7. The number of furan rings is 1. The Morgan fingerprint density at radius 2 is 1.73 bits per heavy atom. The van der Waals surface area contributed by atoms with E-state index in [1.54, 1.807) is 40.3 Å². The summed E-state index contributed by atoms with van der Waals surface area (Å²) in [6.45, 7) is 1.44. The van der Waals surface area contributed by atoms with Gasteiger partial charge in [0.1, 0.15) is 0 Å². The summed E-state index contributed by atoms with van der Waals surface area (Å²) in [7, 11) is -3.58. The fourth-order valence-corrected chi connectivity index (χ4v) is 7.33. The highest BCUT2D eigenvalue weighted by Gasteiger charge is 2.48. The van der Waals surface area contributed by atoms with Crippen LogP contribution in [0.4, 0.5) is 0 Å². The predicted molar refractivity (Wildman–Crippen MR) is 117 cm³/mol. The highest BCUT2D eigenvalue weighted by Crippen LogP contribution is 2.45. The van der Waals surface area contributed by atoms with Crippen LogP contribution in [0.1, 0.15) is 23.4 Å². The molecular weight excluding hydrogens is 420 g/mol. The normalized spacial score (nSPS) is 19.5. The Kier molecular flexibility index (Phi) is 4.88. The Bertz CT molecular complexity index is 1180. The second-order valence-corrected chi connectivity index (χ2v) is 11.0. The largest absolute Gasteiger partial charge is 0.459 e. The molecule has 1 amide bonds. The molecule has 3 aromatic rings. The molecule has 0 N–H and O–H groups in total. The van der Waals surface area contributed by atoms with E-state index in [-0.39, 0.29) is 10.8 Å². The molecule has 2 saturated heterocycles. The number of sulfonamides is 1. The second-order valence-electron chi connectivity index (χ2n) is 7.64. The van der Waals surface area contributed by atoms with E-state index in [2.05, 4.69) is 0 Å². The van der Waals surface area contributed by atoms with Crippen molar-refractivity contribution in [2.24, 2.45) is 0 Å². The maximum Gasteiger partial charge on any atom is 0.290 e. The van der Waals surface area contributed by atoms with E-state index in [4.69, 9.17) is 4.42 Å². The van der Waals surface area contributed by atoms with Crippen LogP contribution in [0.25, 0.3) is 10.8 Å². The van der Waals surface area contributed by atoms with E-state index in [1.807, 2.05) is 35.2 Å². The van der Waals surface area contributed by atoms with Crippen LogP contribution in [0.2, 0.25) is 0 Å². The SMILES string of the molecule is O=C(c1ccco1)N1CCSC12CCN(S(=O)(=O)c1ccc3ccccc3c1)CC2. The maximum atomic E-state index is 13.3. The Morgan fingerprint density at radius 1 is 0.967 bits per heavy atom. The van der Waals surface area contributed by atoms with Crippen LogP contribution in [0.5, 0.6) is 0 Å². The molecule has 2 fully saturated rings.